The van der Waals surface area contributed by atoms with Gasteiger partial charge in [-0.05, 0) is 25.0 Å². The quantitative estimate of drug-likeness (QED) is 0.269. The second-order valence-corrected chi connectivity index (χ2v) is 13.8. The number of guanidine groups is 1. The number of aliphatic hydroxyl groups is 1. The molecule has 0 amide bonds. The minimum absolute atomic E-state index is 0.0248. The molecule has 1 aliphatic carbocycles. The monoisotopic (exact) mass is 738 g/mol. The molecule has 7 rings (SSSR count). The lowest BCUT2D eigenvalue weighted by Gasteiger charge is -2.19. The van der Waals surface area contributed by atoms with E-state index in [1.54, 1.807) is 55.5 Å². The molecule has 3 aliphatic heterocycles. The van der Waals surface area contributed by atoms with Crippen molar-refractivity contribution in [2.75, 3.05) is 17.2 Å². The number of hydrogen-bond acceptors (Lipinski definition) is 14. The van der Waals surface area contributed by atoms with Crippen molar-refractivity contribution in [3.8, 4) is 0 Å². The van der Waals surface area contributed by atoms with Crippen LogP contribution in [0, 0.1) is 18.7 Å². The summed E-state index contributed by atoms with van der Waals surface area (Å²) in [6.07, 6.45) is 8.85. The van der Waals surface area contributed by atoms with Gasteiger partial charge in [0.1, 0.15) is 29.0 Å². The maximum Gasteiger partial charge on any atom is 0.351 e. The van der Waals surface area contributed by atoms with E-state index in [0.717, 1.165) is 27.8 Å². The zero-order chi connectivity index (χ0) is 37.0. The number of hydrogen-bond donors (Lipinski definition) is 4. The maximum absolute atomic E-state index is 13.2. The number of nitrogens with one attached hydrogen (secondary N) is 1. The van der Waals surface area contributed by atoms with E-state index < -0.39 is 29.7 Å². The predicted molar refractivity (Wildman–Crippen MR) is 197 cm³/mol. The number of fused-ring (bicyclic) bond motifs is 1. The number of nitrogen functional groups attached to an aromatic ring is 1. The van der Waals surface area contributed by atoms with Crippen LogP contribution in [0.4, 0.5) is 16.0 Å². The molecule has 4 aliphatic rings. The van der Waals surface area contributed by atoms with Gasteiger partial charge in [-0.1, -0.05) is 44.5 Å². The molecular weight excluding hydrogens is 700 g/mol. The molecule has 18 heteroatoms. The molecule has 3 aromatic heterocycles. The molecule has 6 heterocycles. The van der Waals surface area contributed by atoms with Crippen molar-refractivity contribution in [2.45, 2.75) is 48.8 Å². The fraction of sp³-hybridized carbons (Fsp3) is 0.333. The van der Waals surface area contributed by atoms with Gasteiger partial charge < -0.3 is 35.9 Å². The normalized spacial score (nSPS) is 26.5. The summed E-state index contributed by atoms with van der Waals surface area (Å²) in [5.74, 6) is 0.998. The smallest absolute Gasteiger partial charge is 0.351 e. The topological polar surface area (TPSA) is 203 Å². The fourth-order valence-electron chi connectivity index (χ4n) is 5.60. The average molecular weight is 739 g/mol. The van der Waals surface area contributed by atoms with E-state index in [0.29, 0.717) is 29.4 Å². The van der Waals surface area contributed by atoms with Gasteiger partial charge in [-0.3, -0.25) is 9.13 Å². The highest BCUT2D eigenvalue weighted by atomic mass is 32.2. The van der Waals surface area contributed by atoms with Crippen LogP contribution in [0.1, 0.15) is 36.3 Å². The number of anilines is 1. The Morgan fingerprint density at radius 3 is 2.20 bits per heavy atom. The number of rotatable bonds is 6. The molecule has 6 N–H and O–H groups in total. The summed E-state index contributed by atoms with van der Waals surface area (Å²) < 4.78 is 28.7. The first-order valence-electron chi connectivity index (χ1n) is 15.6. The van der Waals surface area contributed by atoms with Crippen molar-refractivity contribution in [3.63, 3.8) is 0 Å². The zero-order valence-electron chi connectivity index (χ0n) is 27.8. The molecule has 3 fully saturated rings. The summed E-state index contributed by atoms with van der Waals surface area (Å²) in [6, 6.07) is 1.74. The van der Waals surface area contributed by atoms with Gasteiger partial charge in [0.25, 0.3) is 0 Å². The van der Waals surface area contributed by atoms with Crippen LogP contribution in [0.15, 0.2) is 96.1 Å². The van der Waals surface area contributed by atoms with Crippen molar-refractivity contribution in [1.29, 1.82) is 0 Å². The Balaban J connectivity index is 0.000000150. The summed E-state index contributed by atoms with van der Waals surface area (Å²) in [5.41, 5.74) is 12.8. The number of nitrogens with two attached hydrogens (primary N) is 2. The van der Waals surface area contributed by atoms with Crippen LogP contribution >= 0.6 is 23.5 Å². The number of halogens is 1. The van der Waals surface area contributed by atoms with Gasteiger partial charge in [0.15, 0.2) is 23.4 Å². The number of aliphatic imine (C=N–C) groups is 1. The largest absolute Gasteiger partial charge is 0.392 e. The first kappa shape index (κ1) is 37.5. The van der Waals surface area contributed by atoms with Crippen molar-refractivity contribution in [3.05, 3.63) is 120 Å². The molecule has 0 bridgehead atoms. The molecule has 1 saturated carbocycles. The molecule has 15 nitrogen and oxygen atoms in total. The summed E-state index contributed by atoms with van der Waals surface area (Å²) >= 11 is 3.11. The van der Waals surface area contributed by atoms with Crippen molar-refractivity contribution >= 4 is 46.8 Å². The summed E-state index contributed by atoms with van der Waals surface area (Å²) in [7, 11) is 0. The molecule has 0 unspecified atom stereocenters. The van der Waals surface area contributed by atoms with Crippen LogP contribution in [0.5, 0.6) is 0 Å². The van der Waals surface area contributed by atoms with E-state index in [2.05, 4.69) is 58.2 Å². The minimum Gasteiger partial charge on any atom is -0.392 e. The van der Waals surface area contributed by atoms with E-state index in [-0.39, 0.29) is 40.7 Å². The Bertz CT molecular complexity index is 1990. The third-order valence-electron chi connectivity index (χ3n) is 8.18. The van der Waals surface area contributed by atoms with E-state index in [9.17, 15) is 19.1 Å². The van der Waals surface area contributed by atoms with Crippen LogP contribution in [0.25, 0.3) is 5.70 Å². The number of thioether (sulfide) groups is 2. The second-order valence-electron chi connectivity index (χ2n) is 11.6. The molecule has 7 atom stereocenters. The number of imidazole rings is 1. The van der Waals surface area contributed by atoms with Crippen molar-refractivity contribution in [2.24, 2.45) is 16.6 Å². The fourth-order valence-corrected chi connectivity index (χ4v) is 7.47. The number of aliphatic hydroxyl groups excluding tert-OH is 1. The van der Waals surface area contributed by atoms with Crippen molar-refractivity contribution < 1.29 is 19.0 Å². The lowest BCUT2D eigenvalue weighted by Crippen LogP contribution is -2.32. The Labute approximate surface area is 301 Å². The Morgan fingerprint density at radius 1 is 1.00 bits per heavy atom. The predicted octanol–water partition coefficient (Wildman–Crippen LogP) is 3.13. The van der Waals surface area contributed by atoms with Gasteiger partial charge >= 0.3 is 11.4 Å². The van der Waals surface area contributed by atoms with Gasteiger partial charge in [-0.25, -0.2) is 19.0 Å². The molecular formula is C33H39FN10O5S2. The molecule has 2 saturated heterocycles. The van der Waals surface area contributed by atoms with Gasteiger partial charge in [0, 0.05) is 29.3 Å². The standard InChI is InChI=1S/C14H17N5O.C10H12N2O2S.C9H10FN3O2S/c1-4-9-7(2)10(5-11(9)20)19-6-16-12-8(3)17-14(15)18-13(12)19;1-3-9-14-8(6-15-9)12-5-4-7(2)11-10(12)13;1-2-7-15-6(4-16-7)13-3-5(10)8(11)12-9(13)14/h4,6,9-11,20H,1-3,5H2,(H3,15,17,18);3-5,8-9H,1,6H2,2H3;2-3,6-7H,1,4H2,(H2,11,12,14)/t9-,10-,11-;8-,9+;6-,7+/m000/s1. The third kappa shape index (κ3) is 8.26. The Kier molecular flexibility index (Phi) is 11.8. The highest BCUT2D eigenvalue weighted by Gasteiger charge is 2.37. The molecule has 0 spiro atoms. The molecule has 0 radical (unpaired) electrons. The van der Waals surface area contributed by atoms with Gasteiger partial charge in [0.2, 0.25) is 0 Å². The van der Waals surface area contributed by atoms with Crippen LogP contribution in [0.3, 0.4) is 0 Å². The molecule has 3 aromatic rings. The van der Waals surface area contributed by atoms with Crippen LogP contribution in [0.2, 0.25) is 0 Å². The average Bonchev–Trinajstić information content (AvgIpc) is 3.90. The maximum atomic E-state index is 13.2. The van der Waals surface area contributed by atoms with E-state index >= 15 is 0 Å². The number of aromatic nitrogens is 6. The SMILES string of the molecule is C=C[C@@H]1O[C@H](n2cc(F)c(N)nc2=O)CS1.C=C[C@@H]1O[C@H](n2ccc(C)nc2=O)CS1.C=C[C@H]1C(=C)[C@@H](n2cnc3c2N=C(N)NC3=C)C[C@@H]1O. The summed E-state index contributed by atoms with van der Waals surface area (Å²) in [6.45, 7) is 20.7. The minimum atomic E-state index is -0.727. The lowest BCUT2D eigenvalue weighted by atomic mass is 10.0. The van der Waals surface area contributed by atoms with E-state index in [4.69, 9.17) is 20.9 Å². The first-order valence-corrected chi connectivity index (χ1v) is 17.7. The van der Waals surface area contributed by atoms with Crippen LogP contribution in [-0.2, 0) is 9.47 Å². The highest BCUT2D eigenvalue weighted by molar-refractivity contribution is 8.00. The van der Waals surface area contributed by atoms with Gasteiger partial charge in [0.05, 0.1) is 30.4 Å². The first-order chi connectivity index (χ1) is 24.3. The summed E-state index contributed by atoms with van der Waals surface area (Å²) in [5, 5.41) is 12.9. The number of ether oxygens (including phenoxy) is 2. The van der Waals surface area contributed by atoms with Crippen LogP contribution < -0.4 is 28.2 Å². The molecule has 270 valence electrons. The summed E-state index contributed by atoms with van der Waals surface area (Å²) in [4.78, 5) is 38.9. The molecule has 51 heavy (non-hydrogen) atoms. The Morgan fingerprint density at radius 2 is 1.63 bits per heavy atom. The van der Waals surface area contributed by atoms with E-state index in [1.165, 1.54) is 16.3 Å². The number of aryl methyl sites for hydroxylation is 1. The Hall–Kier alpha value is -4.75. The highest BCUT2D eigenvalue weighted by Crippen LogP contribution is 2.43. The van der Waals surface area contributed by atoms with Gasteiger partial charge in [-0.15, -0.1) is 30.1 Å². The van der Waals surface area contributed by atoms with E-state index in [1.807, 2.05) is 4.57 Å². The second kappa shape index (κ2) is 16.1. The van der Waals surface area contributed by atoms with Crippen LogP contribution in [-0.4, -0.2) is 68.2 Å². The van der Waals surface area contributed by atoms with Gasteiger partial charge in [-0.2, -0.15) is 15.0 Å². The molecule has 0 aromatic carbocycles. The third-order valence-corrected chi connectivity index (χ3v) is 10.4. The van der Waals surface area contributed by atoms with Crippen molar-refractivity contribution in [1.82, 2.24) is 34.0 Å². The number of nitrogens with zero attached hydrogens (tertiary/aromatic N) is 7. The lowest BCUT2D eigenvalue weighted by molar-refractivity contribution is 0.0340. The zero-order valence-corrected chi connectivity index (χ0v) is 29.4.